The molecular formula is C16H18ClNO2. The second-order valence-electron chi connectivity index (χ2n) is 4.50. The van der Waals surface area contributed by atoms with Gasteiger partial charge in [0.2, 0.25) is 0 Å². The number of halogens is 1. The number of aliphatic hydroxyl groups excluding tert-OH is 1. The van der Waals surface area contributed by atoms with Gasteiger partial charge in [-0.2, -0.15) is 0 Å². The maximum Gasteiger partial charge on any atom is 0.137 e. The van der Waals surface area contributed by atoms with Gasteiger partial charge < -0.3 is 15.2 Å². The fourth-order valence-electron chi connectivity index (χ4n) is 2.03. The lowest BCUT2D eigenvalue weighted by atomic mass is 10.1. The van der Waals surface area contributed by atoms with Crippen molar-refractivity contribution < 1.29 is 9.84 Å². The van der Waals surface area contributed by atoms with Crippen LogP contribution in [0.15, 0.2) is 48.5 Å². The Morgan fingerprint density at radius 3 is 2.55 bits per heavy atom. The summed E-state index contributed by atoms with van der Waals surface area (Å²) in [4.78, 5) is 0. The van der Waals surface area contributed by atoms with Gasteiger partial charge in [0.15, 0.2) is 0 Å². The van der Waals surface area contributed by atoms with Gasteiger partial charge in [-0.1, -0.05) is 48.0 Å². The third-order valence-electron chi connectivity index (χ3n) is 3.15. The van der Waals surface area contributed by atoms with Crippen molar-refractivity contribution >= 4 is 11.6 Å². The summed E-state index contributed by atoms with van der Waals surface area (Å²) in [5.74, 6) is 0.664. The van der Waals surface area contributed by atoms with Crippen LogP contribution in [0, 0.1) is 0 Å². The minimum Gasteiger partial charge on any atom is -0.495 e. The highest BCUT2D eigenvalue weighted by Gasteiger charge is 2.09. The molecular weight excluding hydrogens is 274 g/mol. The molecule has 4 heteroatoms. The summed E-state index contributed by atoms with van der Waals surface area (Å²) in [6.45, 7) is 0.678. The molecule has 3 nitrogen and oxygen atoms in total. The minimum atomic E-state index is -0.0860. The predicted octanol–water partition coefficient (Wildman–Crippen LogP) is 3.17. The fraction of sp³-hybridized carbons (Fsp3) is 0.250. The molecule has 1 atom stereocenters. The number of hydrogen-bond donors (Lipinski definition) is 2. The van der Waals surface area contributed by atoms with E-state index in [0.29, 0.717) is 17.3 Å². The van der Waals surface area contributed by atoms with E-state index in [1.807, 2.05) is 48.5 Å². The maximum absolute atomic E-state index is 9.49. The van der Waals surface area contributed by atoms with E-state index < -0.39 is 0 Å². The van der Waals surface area contributed by atoms with Crippen molar-refractivity contribution in [2.75, 3.05) is 13.7 Å². The van der Waals surface area contributed by atoms with Crippen molar-refractivity contribution in [1.29, 1.82) is 0 Å². The molecule has 0 aliphatic heterocycles. The van der Waals surface area contributed by atoms with Gasteiger partial charge in [-0.05, 0) is 23.3 Å². The largest absolute Gasteiger partial charge is 0.495 e. The van der Waals surface area contributed by atoms with Gasteiger partial charge in [-0.25, -0.2) is 0 Å². The Hall–Kier alpha value is -1.55. The van der Waals surface area contributed by atoms with E-state index in [1.165, 1.54) is 0 Å². The van der Waals surface area contributed by atoms with Crippen molar-refractivity contribution in [3.05, 3.63) is 64.7 Å². The van der Waals surface area contributed by atoms with Crippen LogP contribution in [0.4, 0.5) is 0 Å². The van der Waals surface area contributed by atoms with Crippen molar-refractivity contribution in [1.82, 2.24) is 5.32 Å². The van der Waals surface area contributed by atoms with Crippen LogP contribution in [0.25, 0.3) is 0 Å². The van der Waals surface area contributed by atoms with Gasteiger partial charge in [-0.15, -0.1) is 0 Å². The van der Waals surface area contributed by atoms with Gasteiger partial charge in [0.1, 0.15) is 5.75 Å². The van der Waals surface area contributed by atoms with Gasteiger partial charge in [0, 0.05) is 6.54 Å². The molecule has 0 amide bonds. The van der Waals surface area contributed by atoms with Crippen LogP contribution in [0.1, 0.15) is 17.2 Å². The van der Waals surface area contributed by atoms with Crippen molar-refractivity contribution in [2.45, 2.75) is 12.6 Å². The lowest BCUT2D eigenvalue weighted by molar-refractivity contribution is 0.243. The Morgan fingerprint density at radius 1 is 1.20 bits per heavy atom. The van der Waals surface area contributed by atoms with E-state index in [1.54, 1.807) is 7.11 Å². The molecule has 0 bridgehead atoms. The van der Waals surface area contributed by atoms with Crippen LogP contribution in [-0.4, -0.2) is 18.8 Å². The summed E-state index contributed by atoms with van der Waals surface area (Å²) in [5, 5.41) is 13.4. The molecule has 0 heterocycles. The average molecular weight is 292 g/mol. The SMILES string of the molecule is COc1ccc(CN[C@@H](CO)c2ccccc2)cc1Cl. The fourth-order valence-corrected chi connectivity index (χ4v) is 2.31. The Kier molecular flexibility index (Phi) is 5.41. The zero-order chi connectivity index (χ0) is 14.4. The predicted molar refractivity (Wildman–Crippen MR) is 81.1 cm³/mol. The van der Waals surface area contributed by atoms with Crippen LogP contribution in [0.3, 0.4) is 0 Å². The number of aliphatic hydroxyl groups is 1. The van der Waals surface area contributed by atoms with Crippen molar-refractivity contribution in [3.8, 4) is 5.75 Å². The van der Waals surface area contributed by atoms with E-state index in [0.717, 1.165) is 11.1 Å². The van der Waals surface area contributed by atoms with E-state index in [4.69, 9.17) is 16.3 Å². The maximum atomic E-state index is 9.49. The zero-order valence-electron chi connectivity index (χ0n) is 11.3. The lowest BCUT2D eigenvalue weighted by Crippen LogP contribution is -2.23. The standard InChI is InChI=1S/C16H18ClNO2/c1-20-16-8-7-12(9-14(16)17)10-18-15(11-19)13-5-3-2-4-6-13/h2-9,15,18-19H,10-11H2,1H3/t15-/m0/s1. The molecule has 0 radical (unpaired) electrons. The summed E-state index contributed by atoms with van der Waals surface area (Å²) in [6, 6.07) is 15.5. The second kappa shape index (κ2) is 7.29. The molecule has 0 aliphatic carbocycles. The summed E-state index contributed by atoms with van der Waals surface area (Å²) in [5.41, 5.74) is 2.11. The molecule has 20 heavy (non-hydrogen) atoms. The van der Waals surface area contributed by atoms with Crippen LogP contribution in [0.2, 0.25) is 5.02 Å². The Labute approximate surface area is 124 Å². The molecule has 0 unspecified atom stereocenters. The lowest BCUT2D eigenvalue weighted by Gasteiger charge is -2.17. The molecule has 0 saturated heterocycles. The third-order valence-corrected chi connectivity index (χ3v) is 3.45. The second-order valence-corrected chi connectivity index (χ2v) is 4.90. The summed E-state index contributed by atoms with van der Waals surface area (Å²) in [6.07, 6.45) is 0. The van der Waals surface area contributed by atoms with Crippen LogP contribution >= 0.6 is 11.6 Å². The molecule has 2 N–H and O–H groups in total. The molecule has 2 rings (SSSR count). The Bertz CT molecular complexity index is 545. The van der Waals surface area contributed by atoms with E-state index in [2.05, 4.69) is 5.32 Å². The molecule has 106 valence electrons. The molecule has 0 saturated carbocycles. The number of methoxy groups -OCH3 is 1. The normalized spacial score (nSPS) is 12.2. The van der Waals surface area contributed by atoms with Crippen molar-refractivity contribution in [2.24, 2.45) is 0 Å². The highest BCUT2D eigenvalue weighted by Crippen LogP contribution is 2.25. The molecule has 0 aliphatic rings. The monoisotopic (exact) mass is 291 g/mol. The highest BCUT2D eigenvalue weighted by atomic mass is 35.5. The first-order valence-corrected chi connectivity index (χ1v) is 6.84. The molecule has 0 fully saturated rings. The van der Waals surface area contributed by atoms with Gasteiger partial charge in [0.05, 0.1) is 24.8 Å². The molecule has 2 aromatic carbocycles. The molecule has 0 aromatic heterocycles. The van der Waals surface area contributed by atoms with E-state index in [-0.39, 0.29) is 12.6 Å². The number of rotatable bonds is 6. The number of hydrogen-bond acceptors (Lipinski definition) is 3. The van der Waals surface area contributed by atoms with Crippen LogP contribution in [0.5, 0.6) is 5.75 Å². The zero-order valence-corrected chi connectivity index (χ0v) is 12.1. The Balaban J connectivity index is 2.02. The smallest absolute Gasteiger partial charge is 0.137 e. The van der Waals surface area contributed by atoms with Gasteiger partial charge >= 0.3 is 0 Å². The number of nitrogens with one attached hydrogen (secondary N) is 1. The van der Waals surface area contributed by atoms with Crippen molar-refractivity contribution in [3.63, 3.8) is 0 Å². The Morgan fingerprint density at radius 2 is 1.95 bits per heavy atom. The first kappa shape index (κ1) is 14.9. The number of benzene rings is 2. The first-order valence-electron chi connectivity index (χ1n) is 6.46. The summed E-state index contributed by atoms with van der Waals surface area (Å²) in [7, 11) is 1.59. The molecule has 2 aromatic rings. The van der Waals surface area contributed by atoms with Gasteiger partial charge in [0.25, 0.3) is 0 Å². The van der Waals surface area contributed by atoms with E-state index >= 15 is 0 Å². The number of ether oxygens (including phenoxy) is 1. The highest BCUT2D eigenvalue weighted by molar-refractivity contribution is 6.32. The molecule has 0 spiro atoms. The van der Waals surface area contributed by atoms with Crippen LogP contribution < -0.4 is 10.1 Å². The quantitative estimate of drug-likeness (QED) is 0.859. The van der Waals surface area contributed by atoms with Gasteiger partial charge in [-0.3, -0.25) is 0 Å². The minimum absolute atomic E-state index is 0.0495. The first-order chi connectivity index (χ1) is 9.74. The van der Waals surface area contributed by atoms with E-state index in [9.17, 15) is 5.11 Å². The summed E-state index contributed by atoms with van der Waals surface area (Å²) < 4.78 is 5.12. The topological polar surface area (TPSA) is 41.5 Å². The average Bonchev–Trinajstić information content (AvgIpc) is 2.49. The summed E-state index contributed by atoms with van der Waals surface area (Å²) >= 11 is 6.09. The third kappa shape index (κ3) is 3.73. The van der Waals surface area contributed by atoms with Crippen LogP contribution in [-0.2, 0) is 6.54 Å².